The van der Waals surface area contributed by atoms with Crippen LogP contribution in [0, 0.1) is 5.41 Å². The summed E-state index contributed by atoms with van der Waals surface area (Å²) in [5, 5.41) is 11.9. The Kier molecular flexibility index (Phi) is 4.70. The van der Waals surface area contributed by atoms with Gasteiger partial charge in [-0.25, -0.2) is 0 Å². The molecule has 1 amide bonds. The second-order valence-electron chi connectivity index (χ2n) is 4.72. The van der Waals surface area contributed by atoms with E-state index in [9.17, 15) is 4.79 Å². The van der Waals surface area contributed by atoms with Crippen molar-refractivity contribution in [2.45, 2.75) is 38.3 Å². The topological polar surface area (TPSA) is 84.6 Å². The molecule has 94 valence electrons. The van der Waals surface area contributed by atoms with Crippen molar-refractivity contribution < 1.29 is 14.6 Å². The molecular weight excluding hydrogens is 208 g/mol. The second-order valence-corrected chi connectivity index (χ2v) is 4.72. The maximum Gasteiger partial charge on any atom is 0.227 e. The third-order valence-corrected chi connectivity index (χ3v) is 3.47. The Bertz CT molecular complexity index is 247. The second kappa shape index (κ2) is 5.61. The largest absolute Gasteiger partial charge is 0.394 e. The van der Waals surface area contributed by atoms with Gasteiger partial charge in [0, 0.05) is 13.2 Å². The molecule has 1 rings (SSSR count). The normalized spacial score (nSPS) is 31.4. The van der Waals surface area contributed by atoms with Gasteiger partial charge < -0.3 is 20.9 Å². The van der Waals surface area contributed by atoms with Crippen molar-refractivity contribution in [2.75, 3.05) is 20.3 Å². The molecule has 5 nitrogen and oxygen atoms in total. The Balaban J connectivity index is 2.56. The molecule has 0 heterocycles. The number of hydrogen-bond acceptors (Lipinski definition) is 4. The van der Waals surface area contributed by atoms with Crippen LogP contribution < -0.4 is 11.1 Å². The van der Waals surface area contributed by atoms with Gasteiger partial charge in [0.2, 0.25) is 5.91 Å². The highest BCUT2D eigenvalue weighted by Gasteiger charge is 2.43. The van der Waals surface area contributed by atoms with Crippen LogP contribution in [0.15, 0.2) is 0 Å². The fraction of sp³-hybridized carbons (Fsp3) is 0.909. The first kappa shape index (κ1) is 13.4. The minimum atomic E-state index is -0.499. The summed E-state index contributed by atoms with van der Waals surface area (Å²) < 4.78 is 4.91. The van der Waals surface area contributed by atoms with Crippen LogP contribution in [0.25, 0.3) is 0 Å². The van der Waals surface area contributed by atoms with Gasteiger partial charge in [-0.1, -0.05) is 6.42 Å². The predicted molar refractivity (Wildman–Crippen MR) is 60.8 cm³/mol. The Labute approximate surface area is 96.3 Å². The molecule has 0 aromatic rings. The van der Waals surface area contributed by atoms with Gasteiger partial charge in [-0.3, -0.25) is 4.79 Å². The van der Waals surface area contributed by atoms with Gasteiger partial charge in [-0.15, -0.1) is 0 Å². The average molecular weight is 230 g/mol. The minimum absolute atomic E-state index is 0.0754. The fourth-order valence-corrected chi connectivity index (χ4v) is 2.17. The first-order valence-corrected chi connectivity index (χ1v) is 5.71. The molecule has 1 saturated carbocycles. The number of aliphatic hydroxyl groups excluding tert-OH is 1. The highest BCUT2D eigenvalue weighted by molar-refractivity contribution is 5.83. The van der Waals surface area contributed by atoms with Crippen LogP contribution in [0.4, 0.5) is 0 Å². The van der Waals surface area contributed by atoms with E-state index in [-0.39, 0.29) is 24.6 Å². The van der Waals surface area contributed by atoms with Crippen molar-refractivity contribution in [3.05, 3.63) is 0 Å². The summed E-state index contributed by atoms with van der Waals surface area (Å²) in [6, 6.07) is -0.434. The van der Waals surface area contributed by atoms with Crippen molar-refractivity contribution in [1.82, 2.24) is 5.32 Å². The molecule has 0 bridgehead atoms. The highest BCUT2D eigenvalue weighted by Crippen LogP contribution is 2.36. The molecule has 3 atom stereocenters. The van der Waals surface area contributed by atoms with Crippen LogP contribution in [0.1, 0.15) is 26.2 Å². The van der Waals surface area contributed by atoms with Crippen LogP contribution in [0.2, 0.25) is 0 Å². The minimum Gasteiger partial charge on any atom is -0.394 e. The van der Waals surface area contributed by atoms with Crippen molar-refractivity contribution >= 4 is 5.91 Å². The zero-order valence-corrected chi connectivity index (χ0v) is 10.0. The molecule has 5 heteroatoms. The number of nitrogens with one attached hydrogen (secondary N) is 1. The van der Waals surface area contributed by atoms with Gasteiger partial charge >= 0.3 is 0 Å². The summed E-state index contributed by atoms with van der Waals surface area (Å²) in [6.45, 7) is 2.08. The SMILES string of the molecule is COCC(CO)NC(=O)C1(C)CCCC1N. The molecule has 0 saturated heterocycles. The Morgan fingerprint density at radius 2 is 2.44 bits per heavy atom. The number of aliphatic hydroxyl groups is 1. The lowest BCUT2D eigenvalue weighted by molar-refractivity contribution is -0.132. The zero-order chi connectivity index (χ0) is 12.2. The maximum absolute atomic E-state index is 12.1. The number of carbonyl (C=O) groups excluding carboxylic acids is 1. The van der Waals surface area contributed by atoms with Crippen LogP contribution in [-0.4, -0.2) is 43.4 Å². The third-order valence-electron chi connectivity index (χ3n) is 3.47. The standard InChI is InChI=1S/C11H22N2O3/c1-11(5-3-4-9(11)12)10(15)13-8(6-14)7-16-2/h8-9,14H,3-7,12H2,1-2H3,(H,13,15). The number of nitrogens with two attached hydrogens (primary N) is 1. The van der Waals surface area contributed by atoms with Crippen LogP contribution in [0.5, 0.6) is 0 Å². The zero-order valence-electron chi connectivity index (χ0n) is 10.0. The van der Waals surface area contributed by atoms with Gasteiger partial charge in [-0.05, 0) is 19.8 Å². The van der Waals surface area contributed by atoms with E-state index in [2.05, 4.69) is 5.32 Å². The molecule has 0 spiro atoms. The number of rotatable bonds is 5. The van der Waals surface area contributed by atoms with Crippen molar-refractivity contribution in [3.63, 3.8) is 0 Å². The number of ether oxygens (including phenoxy) is 1. The average Bonchev–Trinajstić information content (AvgIpc) is 2.60. The summed E-state index contributed by atoms with van der Waals surface area (Å²) in [7, 11) is 1.54. The molecular formula is C11H22N2O3. The van der Waals surface area contributed by atoms with Crippen molar-refractivity contribution in [2.24, 2.45) is 11.1 Å². The Hall–Kier alpha value is -0.650. The summed E-state index contributed by atoms with van der Waals surface area (Å²) in [4.78, 5) is 12.1. The highest BCUT2D eigenvalue weighted by atomic mass is 16.5. The van der Waals surface area contributed by atoms with Gasteiger partial charge in [0.25, 0.3) is 0 Å². The lowest BCUT2D eigenvalue weighted by Crippen LogP contribution is -2.52. The van der Waals surface area contributed by atoms with Crippen LogP contribution in [0.3, 0.4) is 0 Å². The van der Waals surface area contributed by atoms with E-state index in [1.807, 2.05) is 6.92 Å². The third kappa shape index (κ3) is 2.72. The molecule has 0 aromatic carbocycles. The maximum atomic E-state index is 12.1. The number of carbonyl (C=O) groups is 1. The molecule has 1 fully saturated rings. The van der Waals surface area contributed by atoms with E-state index in [4.69, 9.17) is 15.6 Å². The van der Waals surface area contributed by atoms with E-state index >= 15 is 0 Å². The number of methoxy groups -OCH3 is 1. The number of amides is 1. The lowest BCUT2D eigenvalue weighted by Gasteiger charge is -2.29. The Morgan fingerprint density at radius 1 is 1.75 bits per heavy atom. The fourth-order valence-electron chi connectivity index (χ4n) is 2.17. The van der Waals surface area contributed by atoms with Gasteiger partial charge in [-0.2, -0.15) is 0 Å². The van der Waals surface area contributed by atoms with Crippen LogP contribution >= 0.6 is 0 Å². The van der Waals surface area contributed by atoms with Crippen molar-refractivity contribution in [1.29, 1.82) is 0 Å². The van der Waals surface area contributed by atoms with E-state index in [0.717, 1.165) is 19.3 Å². The monoisotopic (exact) mass is 230 g/mol. The van der Waals surface area contributed by atoms with Gasteiger partial charge in [0.1, 0.15) is 0 Å². The first-order chi connectivity index (χ1) is 7.54. The molecule has 4 N–H and O–H groups in total. The molecule has 1 aliphatic rings. The quantitative estimate of drug-likeness (QED) is 0.601. The van der Waals surface area contributed by atoms with E-state index in [1.54, 1.807) is 0 Å². The summed E-state index contributed by atoms with van der Waals surface area (Å²) in [5.74, 6) is -0.0754. The van der Waals surface area contributed by atoms with Crippen LogP contribution in [-0.2, 0) is 9.53 Å². The van der Waals surface area contributed by atoms with Crippen molar-refractivity contribution in [3.8, 4) is 0 Å². The molecule has 0 radical (unpaired) electrons. The lowest BCUT2D eigenvalue weighted by atomic mass is 9.84. The van der Waals surface area contributed by atoms with E-state index < -0.39 is 5.41 Å². The first-order valence-electron chi connectivity index (χ1n) is 5.71. The van der Waals surface area contributed by atoms with Gasteiger partial charge in [0.15, 0.2) is 0 Å². The molecule has 16 heavy (non-hydrogen) atoms. The summed E-state index contributed by atoms with van der Waals surface area (Å²) in [6.07, 6.45) is 2.68. The molecule has 3 unspecified atom stereocenters. The molecule has 1 aliphatic carbocycles. The Morgan fingerprint density at radius 3 is 2.88 bits per heavy atom. The number of hydrogen-bond donors (Lipinski definition) is 3. The predicted octanol–water partition coefficient (Wildman–Crippen LogP) is -0.373. The molecule has 0 aliphatic heterocycles. The van der Waals surface area contributed by atoms with Gasteiger partial charge in [0.05, 0.1) is 24.7 Å². The summed E-state index contributed by atoms with van der Waals surface area (Å²) >= 11 is 0. The smallest absolute Gasteiger partial charge is 0.227 e. The van der Waals surface area contributed by atoms with E-state index in [1.165, 1.54) is 7.11 Å². The molecule has 0 aromatic heterocycles. The summed E-state index contributed by atoms with van der Waals surface area (Å²) in [5.41, 5.74) is 5.45. The van der Waals surface area contributed by atoms with E-state index in [0.29, 0.717) is 6.61 Å².